The van der Waals surface area contributed by atoms with Crippen molar-refractivity contribution in [3.8, 4) is 0 Å². The largest absolute Gasteiger partial charge is 0.356 e. The van der Waals surface area contributed by atoms with Crippen molar-refractivity contribution in [1.82, 2.24) is 10.6 Å². The highest BCUT2D eigenvalue weighted by atomic mass is 79.9. The molecule has 25 heavy (non-hydrogen) atoms. The van der Waals surface area contributed by atoms with Crippen LogP contribution >= 0.6 is 27.7 Å². The smallest absolute Gasteiger partial charge is 0.226 e. The Labute approximate surface area is 163 Å². The average Bonchev–Trinajstić information content (AvgIpc) is 3.01. The Balaban J connectivity index is 1.72. The fourth-order valence-electron chi connectivity index (χ4n) is 2.70. The molecular weight excluding hydrogens is 400 g/mol. The molecule has 1 amide bonds. The van der Waals surface area contributed by atoms with Crippen molar-refractivity contribution >= 4 is 45.2 Å². The lowest BCUT2D eigenvalue weighted by atomic mass is 10.1. The molecule has 0 spiro atoms. The van der Waals surface area contributed by atoms with E-state index in [4.69, 9.17) is 0 Å². The maximum Gasteiger partial charge on any atom is 0.226 e. The molecule has 1 aliphatic heterocycles. The Kier molecular flexibility index (Phi) is 7.62. The highest BCUT2D eigenvalue weighted by Gasteiger charge is 2.29. The van der Waals surface area contributed by atoms with Gasteiger partial charge in [-0.1, -0.05) is 22.0 Å². The van der Waals surface area contributed by atoms with Crippen LogP contribution in [0.15, 0.2) is 27.7 Å². The van der Waals surface area contributed by atoms with E-state index in [-0.39, 0.29) is 10.7 Å². The number of carbonyl (C=O) groups is 1. The Morgan fingerprint density at radius 1 is 1.40 bits per heavy atom. The molecule has 3 N–H and O–H groups in total. The minimum Gasteiger partial charge on any atom is -0.356 e. The summed E-state index contributed by atoms with van der Waals surface area (Å²) in [5.41, 5.74) is 1.89. The first kappa shape index (κ1) is 20.1. The maximum absolute atomic E-state index is 12.1. The van der Waals surface area contributed by atoms with Crippen LogP contribution in [0, 0.1) is 6.92 Å². The van der Waals surface area contributed by atoms with E-state index in [1.165, 1.54) is 18.6 Å². The lowest BCUT2D eigenvalue weighted by Crippen LogP contribution is -2.44. The summed E-state index contributed by atoms with van der Waals surface area (Å²) in [6.45, 7) is 5.70. The molecule has 138 valence electrons. The van der Waals surface area contributed by atoms with Crippen LogP contribution in [-0.2, 0) is 4.79 Å². The van der Waals surface area contributed by atoms with E-state index in [1.54, 1.807) is 7.05 Å². The van der Waals surface area contributed by atoms with Gasteiger partial charge in [0.25, 0.3) is 0 Å². The summed E-state index contributed by atoms with van der Waals surface area (Å²) in [4.78, 5) is 16.4. The first-order valence-electron chi connectivity index (χ1n) is 8.56. The number of amides is 1. The van der Waals surface area contributed by atoms with E-state index in [9.17, 15) is 4.79 Å². The third-order valence-corrected chi connectivity index (χ3v) is 6.30. The van der Waals surface area contributed by atoms with Crippen LogP contribution < -0.4 is 16.0 Å². The van der Waals surface area contributed by atoms with Gasteiger partial charge in [-0.2, -0.15) is 11.8 Å². The molecule has 0 saturated carbocycles. The van der Waals surface area contributed by atoms with Crippen LogP contribution in [0.1, 0.15) is 31.7 Å². The molecular formula is C18H27BrN4OS. The molecule has 1 heterocycles. The number of thioether (sulfide) groups is 1. The van der Waals surface area contributed by atoms with Crippen LogP contribution in [0.5, 0.6) is 0 Å². The number of nitrogens with zero attached hydrogens (tertiary/aromatic N) is 1. The Hall–Kier alpha value is -1.21. The number of rotatable bonds is 6. The van der Waals surface area contributed by atoms with Crippen molar-refractivity contribution in [2.45, 2.75) is 37.9 Å². The van der Waals surface area contributed by atoms with Crippen molar-refractivity contribution in [1.29, 1.82) is 0 Å². The van der Waals surface area contributed by atoms with Gasteiger partial charge in [0.15, 0.2) is 5.96 Å². The second kappa shape index (κ2) is 9.48. The zero-order valence-electron chi connectivity index (χ0n) is 15.1. The molecule has 2 rings (SSSR count). The molecule has 1 aromatic carbocycles. The molecule has 1 aliphatic rings. The van der Waals surface area contributed by atoms with Gasteiger partial charge in [-0.15, -0.1) is 0 Å². The Morgan fingerprint density at radius 2 is 2.20 bits per heavy atom. The first-order chi connectivity index (χ1) is 11.9. The summed E-state index contributed by atoms with van der Waals surface area (Å²) < 4.78 is 1.24. The van der Waals surface area contributed by atoms with E-state index in [1.807, 2.05) is 36.9 Å². The highest BCUT2D eigenvalue weighted by molar-refractivity contribution is 9.10. The van der Waals surface area contributed by atoms with E-state index in [0.717, 1.165) is 28.2 Å². The summed E-state index contributed by atoms with van der Waals surface area (Å²) >= 11 is 5.44. The van der Waals surface area contributed by atoms with Gasteiger partial charge in [0.1, 0.15) is 0 Å². The van der Waals surface area contributed by atoms with E-state index in [2.05, 4.69) is 43.8 Å². The molecule has 0 radical (unpaired) electrons. The van der Waals surface area contributed by atoms with E-state index >= 15 is 0 Å². The molecule has 5 nitrogen and oxygen atoms in total. The third kappa shape index (κ3) is 6.55. The van der Waals surface area contributed by atoms with Gasteiger partial charge < -0.3 is 16.0 Å². The number of halogens is 1. The lowest BCUT2D eigenvalue weighted by molar-refractivity contribution is -0.116. The molecule has 1 aromatic rings. The molecule has 0 bridgehead atoms. The monoisotopic (exact) mass is 426 g/mol. The number of hydrogen-bond acceptors (Lipinski definition) is 3. The fourth-order valence-corrected chi connectivity index (χ4v) is 4.31. The van der Waals surface area contributed by atoms with Crippen LogP contribution in [0.3, 0.4) is 0 Å². The van der Waals surface area contributed by atoms with Gasteiger partial charge in [-0.3, -0.25) is 9.79 Å². The summed E-state index contributed by atoms with van der Waals surface area (Å²) in [7, 11) is 1.75. The Bertz CT molecular complexity index is 630. The van der Waals surface area contributed by atoms with Crippen LogP contribution in [0.25, 0.3) is 0 Å². The summed E-state index contributed by atoms with van der Waals surface area (Å²) in [6, 6.07) is 5.86. The Morgan fingerprint density at radius 3 is 2.88 bits per heavy atom. The lowest BCUT2D eigenvalue weighted by Gasteiger charge is -2.24. The zero-order chi connectivity index (χ0) is 18.3. The number of aliphatic imine (C=N–C) groups is 1. The SMILES string of the molecule is CN=C(NCCC(=O)Nc1cc(Br)ccc1C)NCC1(C)CCCS1. The van der Waals surface area contributed by atoms with Gasteiger partial charge in [0.05, 0.1) is 0 Å². The number of carbonyl (C=O) groups excluding carboxylic acids is 1. The van der Waals surface area contributed by atoms with Crippen molar-refractivity contribution < 1.29 is 4.79 Å². The first-order valence-corrected chi connectivity index (χ1v) is 10.3. The van der Waals surface area contributed by atoms with Crippen molar-refractivity contribution in [3.63, 3.8) is 0 Å². The van der Waals surface area contributed by atoms with Crippen LogP contribution in [0.4, 0.5) is 5.69 Å². The summed E-state index contributed by atoms with van der Waals surface area (Å²) in [6.07, 6.45) is 2.90. The maximum atomic E-state index is 12.1. The predicted molar refractivity (Wildman–Crippen MR) is 112 cm³/mol. The summed E-state index contributed by atoms with van der Waals surface area (Å²) in [5.74, 6) is 1.97. The fraction of sp³-hybridized carbons (Fsp3) is 0.556. The number of guanidine groups is 1. The minimum atomic E-state index is -0.0116. The van der Waals surface area contributed by atoms with Gasteiger partial charge >= 0.3 is 0 Å². The molecule has 7 heteroatoms. The molecule has 0 aliphatic carbocycles. The second-order valence-electron chi connectivity index (χ2n) is 6.51. The number of aryl methyl sites for hydroxylation is 1. The molecule has 1 fully saturated rings. The number of benzene rings is 1. The standard InChI is InChI=1S/C18H27BrN4OS/c1-13-5-6-14(19)11-15(13)23-16(24)7-9-21-17(20-3)22-12-18(2)8-4-10-25-18/h5-6,11H,4,7-10,12H2,1-3H3,(H,23,24)(H2,20,21,22). The minimum absolute atomic E-state index is 0.0116. The quantitative estimate of drug-likeness (QED) is 0.480. The predicted octanol–water partition coefficient (Wildman–Crippen LogP) is 3.54. The molecule has 1 saturated heterocycles. The van der Waals surface area contributed by atoms with Gasteiger partial charge in [0, 0.05) is 41.5 Å². The van der Waals surface area contributed by atoms with Crippen molar-refractivity contribution in [2.24, 2.45) is 4.99 Å². The van der Waals surface area contributed by atoms with Gasteiger partial charge in [-0.05, 0) is 50.1 Å². The van der Waals surface area contributed by atoms with Crippen molar-refractivity contribution in [3.05, 3.63) is 28.2 Å². The van der Waals surface area contributed by atoms with Crippen LogP contribution in [0.2, 0.25) is 0 Å². The van der Waals surface area contributed by atoms with Gasteiger partial charge in [0.2, 0.25) is 5.91 Å². The highest BCUT2D eigenvalue weighted by Crippen LogP contribution is 2.36. The third-order valence-electron chi connectivity index (χ3n) is 4.27. The topological polar surface area (TPSA) is 65.5 Å². The normalized spacial score (nSPS) is 20.4. The number of hydrogen-bond donors (Lipinski definition) is 3. The average molecular weight is 427 g/mol. The van der Waals surface area contributed by atoms with E-state index in [0.29, 0.717) is 13.0 Å². The summed E-state index contributed by atoms with van der Waals surface area (Å²) in [5, 5.41) is 9.54. The zero-order valence-corrected chi connectivity index (χ0v) is 17.5. The van der Waals surface area contributed by atoms with E-state index < -0.39 is 0 Å². The molecule has 0 aromatic heterocycles. The van der Waals surface area contributed by atoms with Gasteiger partial charge in [-0.25, -0.2) is 0 Å². The van der Waals surface area contributed by atoms with Crippen LogP contribution in [-0.4, -0.2) is 42.5 Å². The molecule has 1 atom stereocenters. The molecule has 1 unspecified atom stereocenters. The van der Waals surface area contributed by atoms with Crippen molar-refractivity contribution in [2.75, 3.05) is 31.2 Å². The number of anilines is 1. The number of nitrogens with one attached hydrogen (secondary N) is 3. The second-order valence-corrected chi connectivity index (χ2v) is 9.11.